The molecule has 3 atom stereocenters. The van der Waals surface area contributed by atoms with Crippen molar-refractivity contribution in [3.8, 4) is 5.75 Å². The van der Waals surface area contributed by atoms with Crippen molar-refractivity contribution in [2.24, 2.45) is 5.92 Å². The van der Waals surface area contributed by atoms with E-state index in [0.29, 0.717) is 11.3 Å². The van der Waals surface area contributed by atoms with Crippen molar-refractivity contribution in [3.05, 3.63) is 29.8 Å². The van der Waals surface area contributed by atoms with Gasteiger partial charge in [-0.05, 0) is 31.0 Å². The fourth-order valence-corrected chi connectivity index (χ4v) is 3.48. The number of aliphatic carboxylic acids is 1. The van der Waals surface area contributed by atoms with Gasteiger partial charge in [-0.2, -0.15) is 0 Å². The molecule has 1 aromatic carbocycles. The van der Waals surface area contributed by atoms with E-state index in [4.69, 9.17) is 14.2 Å². The lowest BCUT2D eigenvalue weighted by molar-refractivity contribution is -0.159. The van der Waals surface area contributed by atoms with E-state index in [1.807, 2.05) is 0 Å². The number of likely N-dealkylation sites (tertiary alicyclic amines) is 1. The van der Waals surface area contributed by atoms with Crippen LogP contribution in [0.25, 0.3) is 0 Å². The maximum Gasteiger partial charge on any atom is 0.329 e. The summed E-state index contributed by atoms with van der Waals surface area (Å²) in [6.07, 6.45) is -0.0544. The summed E-state index contributed by atoms with van der Waals surface area (Å²) in [6, 6.07) is 6.02. The number of benzene rings is 1. The number of ether oxygens (including phenoxy) is 3. The van der Waals surface area contributed by atoms with Crippen LogP contribution in [0.3, 0.4) is 0 Å². The van der Waals surface area contributed by atoms with E-state index in [1.165, 1.54) is 33.2 Å². The molecule has 1 aliphatic heterocycles. The lowest BCUT2D eigenvalue weighted by Crippen LogP contribution is -2.52. The molecule has 3 unspecified atom stereocenters. The number of carboxylic acid groups (broad SMARTS) is 1. The molecule has 1 saturated heterocycles. The van der Waals surface area contributed by atoms with Crippen LogP contribution in [-0.4, -0.2) is 61.3 Å². The topological polar surface area (TPSA) is 102 Å². The third-order valence-corrected chi connectivity index (χ3v) is 4.77. The third kappa shape index (κ3) is 3.37. The van der Waals surface area contributed by atoms with Crippen LogP contribution >= 0.6 is 0 Å². The first kappa shape index (κ1) is 19.7. The highest BCUT2D eigenvalue weighted by Gasteiger charge is 2.58. The molecule has 0 bridgehead atoms. The van der Waals surface area contributed by atoms with Crippen LogP contribution in [0.15, 0.2) is 24.3 Å². The van der Waals surface area contributed by atoms with Crippen LogP contribution in [0.2, 0.25) is 0 Å². The van der Waals surface area contributed by atoms with Gasteiger partial charge < -0.3 is 24.2 Å². The lowest BCUT2D eigenvalue weighted by Gasteiger charge is -2.35. The van der Waals surface area contributed by atoms with E-state index in [-0.39, 0.29) is 13.0 Å². The van der Waals surface area contributed by atoms with E-state index in [2.05, 4.69) is 0 Å². The summed E-state index contributed by atoms with van der Waals surface area (Å²) in [6.45, 7) is 1.14. The predicted octanol–water partition coefficient (Wildman–Crippen LogP) is 1.25. The number of carbonyl (C=O) groups excluding carboxylic acids is 2. The summed E-state index contributed by atoms with van der Waals surface area (Å²) in [5.41, 5.74) is -0.936. The van der Waals surface area contributed by atoms with Crippen LogP contribution in [0.1, 0.15) is 24.9 Å². The average molecular weight is 365 g/mol. The zero-order valence-electron chi connectivity index (χ0n) is 15.2. The molecule has 8 heteroatoms. The zero-order valence-corrected chi connectivity index (χ0v) is 15.2. The number of rotatable bonds is 6. The number of methoxy groups -OCH3 is 3. The predicted molar refractivity (Wildman–Crippen MR) is 90.6 cm³/mol. The van der Waals surface area contributed by atoms with Crippen LogP contribution in [0, 0.1) is 5.92 Å². The second kappa shape index (κ2) is 7.74. The Balaban J connectivity index is 2.58. The molecule has 26 heavy (non-hydrogen) atoms. The molecule has 1 aromatic rings. The van der Waals surface area contributed by atoms with Gasteiger partial charge in [0.25, 0.3) is 0 Å². The molecule has 0 spiro atoms. The summed E-state index contributed by atoms with van der Waals surface area (Å²) >= 11 is 0. The Morgan fingerprint density at radius 1 is 1.19 bits per heavy atom. The van der Waals surface area contributed by atoms with Crippen molar-refractivity contribution in [2.45, 2.75) is 24.9 Å². The van der Waals surface area contributed by atoms with Crippen LogP contribution in [-0.2, 0) is 23.9 Å². The first-order chi connectivity index (χ1) is 12.3. The third-order valence-electron chi connectivity index (χ3n) is 4.77. The van der Waals surface area contributed by atoms with Crippen molar-refractivity contribution >= 4 is 17.8 Å². The smallest absolute Gasteiger partial charge is 0.329 e. The number of hydrogen-bond acceptors (Lipinski definition) is 6. The molecule has 1 amide bonds. The van der Waals surface area contributed by atoms with E-state index in [1.54, 1.807) is 24.3 Å². The fraction of sp³-hybridized carbons (Fsp3) is 0.500. The van der Waals surface area contributed by atoms with Crippen molar-refractivity contribution in [1.82, 2.24) is 4.90 Å². The highest BCUT2D eigenvalue weighted by molar-refractivity contribution is 5.91. The molecular formula is C18H23NO7. The van der Waals surface area contributed by atoms with Crippen molar-refractivity contribution in [2.75, 3.05) is 27.9 Å². The van der Waals surface area contributed by atoms with Gasteiger partial charge in [0.2, 0.25) is 5.91 Å². The van der Waals surface area contributed by atoms with Crippen molar-refractivity contribution < 1.29 is 33.7 Å². The number of amides is 1. The minimum absolute atomic E-state index is 0.0544. The Morgan fingerprint density at radius 3 is 2.27 bits per heavy atom. The Morgan fingerprint density at radius 2 is 1.81 bits per heavy atom. The van der Waals surface area contributed by atoms with Crippen molar-refractivity contribution in [1.29, 1.82) is 0 Å². The van der Waals surface area contributed by atoms with Gasteiger partial charge in [-0.25, -0.2) is 4.79 Å². The standard InChI is InChI=1S/C18H23NO7/c1-18(17(22)23)9-13(16(21)26-4)15(19(18)14(20)10-24-2)11-5-7-12(25-3)8-6-11/h5-8,13,15H,9-10H2,1-4H3,(H,22,23). The molecule has 1 heterocycles. The van der Waals surface area contributed by atoms with E-state index in [0.717, 1.165) is 0 Å². The van der Waals surface area contributed by atoms with Gasteiger partial charge in [-0.15, -0.1) is 0 Å². The largest absolute Gasteiger partial charge is 0.497 e. The average Bonchev–Trinajstić information content (AvgIpc) is 2.96. The summed E-state index contributed by atoms with van der Waals surface area (Å²) < 4.78 is 14.9. The Bertz CT molecular complexity index is 687. The Hall–Kier alpha value is -2.61. The minimum atomic E-state index is -1.56. The SMILES string of the molecule is COCC(=O)N1C(c2ccc(OC)cc2)C(C(=O)OC)CC1(C)C(=O)O. The summed E-state index contributed by atoms with van der Waals surface area (Å²) in [4.78, 5) is 38.2. The van der Waals surface area contributed by atoms with Gasteiger partial charge in [-0.1, -0.05) is 12.1 Å². The van der Waals surface area contributed by atoms with Gasteiger partial charge in [-0.3, -0.25) is 9.59 Å². The highest BCUT2D eigenvalue weighted by Crippen LogP contribution is 2.47. The molecule has 0 aromatic heterocycles. The molecule has 1 N–H and O–H groups in total. The Labute approximate surface area is 151 Å². The molecule has 2 rings (SSSR count). The first-order valence-electron chi connectivity index (χ1n) is 8.06. The number of carbonyl (C=O) groups is 3. The maximum atomic E-state index is 12.7. The number of hydrogen-bond donors (Lipinski definition) is 1. The summed E-state index contributed by atoms with van der Waals surface area (Å²) in [5, 5.41) is 9.77. The second-order valence-electron chi connectivity index (χ2n) is 6.33. The Kier molecular flexibility index (Phi) is 5.86. The molecule has 0 radical (unpaired) electrons. The molecule has 0 saturated carbocycles. The molecule has 142 valence electrons. The normalized spacial score (nSPS) is 25.0. The zero-order chi connectivity index (χ0) is 19.5. The van der Waals surface area contributed by atoms with Crippen LogP contribution < -0.4 is 4.74 Å². The minimum Gasteiger partial charge on any atom is -0.497 e. The monoisotopic (exact) mass is 365 g/mol. The quantitative estimate of drug-likeness (QED) is 0.757. The van der Waals surface area contributed by atoms with Gasteiger partial charge in [0.05, 0.1) is 26.2 Å². The van der Waals surface area contributed by atoms with Gasteiger partial charge in [0, 0.05) is 7.11 Å². The van der Waals surface area contributed by atoms with E-state index < -0.39 is 35.3 Å². The number of nitrogens with zero attached hydrogens (tertiary/aromatic N) is 1. The molecule has 1 fully saturated rings. The molecular weight excluding hydrogens is 342 g/mol. The van der Waals surface area contributed by atoms with Crippen LogP contribution in [0.5, 0.6) is 5.75 Å². The second-order valence-corrected chi connectivity index (χ2v) is 6.33. The number of carboxylic acids is 1. The van der Waals surface area contributed by atoms with Crippen LogP contribution in [0.4, 0.5) is 0 Å². The number of esters is 1. The highest BCUT2D eigenvalue weighted by atomic mass is 16.5. The lowest BCUT2D eigenvalue weighted by atomic mass is 9.90. The molecule has 8 nitrogen and oxygen atoms in total. The van der Waals surface area contributed by atoms with Gasteiger partial charge >= 0.3 is 11.9 Å². The van der Waals surface area contributed by atoms with Gasteiger partial charge in [0.15, 0.2) is 0 Å². The summed E-state index contributed by atoms with van der Waals surface area (Å²) in [7, 11) is 4.12. The molecule has 1 aliphatic rings. The van der Waals surface area contributed by atoms with E-state index >= 15 is 0 Å². The van der Waals surface area contributed by atoms with Crippen molar-refractivity contribution in [3.63, 3.8) is 0 Å². The fourth-order valence-electron chi connectivity index (χ4n) is 3.48. The van der Waals surface area contributed by atoms with E-state index in [9.17, 15) is 19.5 Å². The molecule has 0 aliphatic carbocycles. The maximum absolute atomic E-state index is 12.7. The first-order valence-corrected chi connectivity index (χ1v) is 8.06. The summed E-state index contributed by atoms with van der Waals surface area (Å²) in [5.74, 6) is -2.46. The van der Waals surface area contributed by atoms with Gasteiger partial charge in [0.1, 0.15) is 17.9 Å².